The van der Waals surface area contributed by atoms with Crippen LogP contribution in [0.3, 0.4) is 0 Å². The van der Waals surface area contributed by atoms with Crippen LogP contribution >= 0.6 is 0 Å². The number of nitrogens with one attached hydrogen (secondary N) is 2. The number of nitrogens with two attached hydrogens (primary N) is 1. The predicted molar refractivity (Wildman–Crippen MR) is 98.1 cm³/mol. The van der Waals surface area contributed by atoms with Gasteiger partial charge in [-0.05, 0) is 42.5 Å². The molecule has 0 aromatic heterocycles. The molecule has 3 amide bonds. The summed E-state index contributed by atoms with van der Waals surface area (Å²) in [5.41, 5.74) is 4.77. The highest BCUT2D eigenvalue weighted by molar-refractivity contribution is 6.31. The summed E-state index contributed by atoms with van der Waals surface area (Å²) >= 11 is 0. The Morgan fingerprint density at radius 1 is 1.03 bits per heavy atom. The topological polar surface area (TPSA) is 123 Å². The molecule has 0 spiro atoms. The van der Waals surface area contributed by atoms with E-state index in [1.54, 1.807) is 0 Å². The van der Waals surface area contributed by atoms with E-state index >= 15 is 0 Å². The summed E-state index contributed by atoms with van der Waals surface area (Å²) in [4.78, 5) is 38.9. The van der Waals surface area contributed by atoms with Crippen molar-refractivity contribution in [2.24, 2.45) is 10.9 Å². The highest BCUT2D eigenvalue weighted by atomic mass is 19.4. The molecule has 8 nitrogen and oxygen atoms in total. The van der Waals surface area contributed by atoms with Crippen molar-refractivity contribution in [3.63, 3.8) is 0 Å². The molecule has 0 aliphatic rings. The normalized spacial score (nSPS) is 11.1. The van der Waals surface area contributed by atoms with E-state index in [-0.39, 0.29) is 11.3 Å². The molecule has 0 saturated carbocycles. The third-order valence-corrected chi connectivity index (χ3v) is 3.35. The van der Waals surface area contributed by atoms with Crippen molar-refractivity contribution in [3.05, 3.63) is 59.7 Å². The summed E-state index contributed by atoms with van der Waals surface area (Å²) in [6, 6.07) is 9.83. The van der Waals surface area contributed by atoms with E-state index in [2.05, 4.69) is 20.6 Å². The fourth-order valence-corrected chi connectivity index (χ4v) is 2.04. The SMILES string of the molecule is NC(=O)c1ccc(NC(=O)CO/N=C/C(=O)Nc2cccc(C(F)(F)F)c2)cc1. The Balaban J connectivity index is 1.78. The number of alkyl halides is 3. The number of halogens is 3. The first-order valence-electron chi connectivity index (χ1n) is 7.98. The smallest absolute Gasteiger partial charge is 0.385 e. The quantitative estimate of drug-likeness (QED) is 0.481. The second-order valence-corrected chi connectivity index (χ2v) is 5.57. The fourth-order valence-electron chi connectivity index (χ4n) is 2.04. The van der Waals surface area contributed by atoms with Crippen molar-refractivity contribution < 1.29 is 32.4 Å². The minimum Gasteiger partial charge on any atom is -0.385 e. The van der Waals surface area contributed by atoms with Crippen LogP contribution in [0.4, 0.5) is 24.5 Å². The molecule has 0 atom stereocenters. The van der Waals surface area contributed by atoms with Crippen LogP contribution in [0.25, 0.3) is 0 Å². The Hall–Kier alpha value is -3.89. The molecule has 0 heterocycles. The number of hydrogen-bond acceptors (Lipinski definition) is 5. The molecular formula is C18H15F3N4O4. The Kier molecular flexibility index (Phi) is 6.90. The number of oxime groups is 1. The number of hydrogen-bond donors (Lipinski definition) is 3. The molecular weight excluding hydrogens is 393 g/mol. The van der Waals surface area contributed by atoms with Gasteiger partial charge in [-0.15, -0.1) is 0 Å². The van der Waals surface area contributed by atoms with Gasteiger partial charge in [0.15, 0.2) is 6.61 Å². The average molecular weight is 408 g/mol. The highest BCUT2D eigenvalue weighted by Crippen LogP contribution is 2.30. The summed E-state index contributed by atoms with van der Waals surface area (Å²) in [5, 5.41) is 7.93. The van der Waals surface area contributed by atoms with Crippen molar-refractivity contribution in [1.82, 2.24) is 0 Å². The monoisotopic (exact) mass is 408 g/mol. The molecule has 152 valence electrons. The van der Waals surface area contributed by atoms with Crippen molar-refractivity contribution in [2.75, 3.05) is 17.2 Å². The van der Waals surface area contributed by atoms with Gasteiger partial charge in [-0.2, -0.15) is 13.2 Å². The van der Waals surface area contributed by atoms with E-state index in [1.165, 1.54) is 30.3 Å². The van der Waals surface area contributed by atoms with Gasteiger partial charge in [0.2, 0.25) is 5.91 Å². The van der Waals surface area contributed by atoms with Gasteiger partial charge < -0.3 is 21.2 Å². The first-order valence-corrected chi connectivity index (χ1v) is 7.98. The van der Waals surface area contributed by atoms with Gasteiger partial charge in [-0.3, -0.25) is 14.4 Å². The maximum Gasteiger partial charge on any atom is 0.416 e. The molecule has 0 unspecified atom stereocenters. The summed E-state index contributed by atoms with van der Waals surface area (Å²) in [5.74, 6) is -2.04. The van der Waals surface area contributed by atoms with Crippen LogP contribution in [0.1, 0.15) is 15.9 Å². The Morgan fingerprint density at radius 2 is 1.72 bits per heavy atom. The third kappa shape index (κ3) is 6.97. The Morgan fingerprint density at radius 3 is 2.34 bits per heavy atom. The minimum atomic E-state index is -4.54. The number of anilines is 2. The van der Waals surface area contributed by atoms with Crippen molar-refractivity contribution in [1.29, 1.82) is 0 Å². The van der Waals surface area contributed by atoms with Crippen LogP contribution < -0.4 is 16.4 Å². The van der Waals surface area contributed by atoms with Gasteiger partial charge in [0, 0.05) is 16.9 Å². The van der Waals surface area contributed by atoms with E-state index in [1.807, 2.05) is 0 Å². The number of nitrogens with zero attached hydrogens (tertiary/aromatic N) is 1. The van der Waals surface area contributed by atoms with Crippen LogP contribution in [0.5, 0.6) is 0 Å². The van der Waals surface area contributed by atoms with Gasteiger partial charge in [-0.25, -0.2) is 0 Å². The van der Waals surface area contributed by atoms with E-state index in [4.69, 9.17) is 5.73 Å². The number of rotatable bonds is 7. The summed E-state index contributed by atoms with van der Waals surface area (Å²) in [6.07, 6.45) is -3.86. The fraction of sp³-hybridized carbons (Fsp3) is 0.111. The van der Waals surface area contributed by atoms with E-state index in [9.17, 15) is 27.6 Å². The van der Waals surface area contributed by atoms with E-state index < -0.39 is 36.1 Å². The zero-order valence-corrected chi connectivity index (χ0v) is 14.7. The van der Waals surface area contributed by atoms with Gasteiger partial charge in [0.25, 0.3) is 11.8 Å². The maximum atomic E-state index is 12.6. The number of carbonyl (C=O) groups is 3. The lowest BCUT2D eigenvalue weighted by Crippen LogP contribution is -2.18. The molecule has 2 rings (SSSR count). The molecule has 0 fully saturated rings. The number of carbonyl (C=O) groups excluding carboxylic acids is 3. The van der Waals surface area contributed by atoms with Crippen molar-refractivity contribution >= 4 is 35.3 Å². The standard InChI is InChI=1S/C18H15F3N4O4/c19-18(20,21)12-2-1-3-14(8-12)25-15(26)9-23-29-10-16(27)24-13-6-4-11(5-7-13)17(22)28/h1-9H,10H2,(H2,22,28)(H,24,27)(H,25,26)/b23-9+. The predicted octanol–water partition coefficient (Wildman–Crippen LogP) is 2.38. The maximum absolute atomic E-state index is 12.6. The number of primary amides is 1. The molecule has 0 aliphatic heterocycles. The second-order valence-electron chi connectivity index (χ2n) is 5.57. The van der Waals surface area contributed by atoms with E-state index in [0.717, 1.165) is 18.2 Å². The lowest BCUT2D eigenvalue weighted by Gasteiger charge is -2.08. The van der Waals surface area contributed by atoms with Crippen molar-refractivity contribution in [2.45, 2.75) is 6.18 Å². The van der Waals surface area contributed by atoms with Crippen LogP contribution in [-0.4, -0.2) is 30.5 Å². The van der Waals surface area contributed by atoms with Gasteiger partial charge >= 0.3 is 6.18 Å². The lowest BCUT2D eigenvalue weighted by atomic mass is 10.2. The van der Waals surface area contributed by atoms with Crippen molar-refractivity contribution in [3.8, 4) is 0 Å². The Bertz CT molecular complexity index is 927. The molecule has 0 radical (unpaired) electrons. The van der Waals surface area contributed by atoms with Crippen LogP contribution in [0.15, 0.2) is 53.7 Å². The highest BCUT2D eigenvalue weighted by Gasteiger charge is 2.30. The zero-order valence-electron chi connectivity index (χ0n) is 14.7. The van der Waals surface area contributed by atoms with Gasteiger partial charge in [0.1, 0.15) is 6.21 Å². The molecule has 0 bridgehead atoms. The van der Waals surface area contributed by atoms with E-state index in [0.29, 0.717) is 11.9 Å². The number of amides is 3. The van der Waals surface area contributed by atoms with Crippen LogP contribution in [-0.2, 0) is 20.6 Å². The van der Waals surface area contributed by atoms with Gasteiger partial charge in [0.05, 0.1) is 5.56 Å². The summed E-state index contributed by atoms with van der Waals surface area (Å²) in [6.45, 7) is -0.523. The zero-order chi connectivity index (χ0) is 21.4. The number of benzene rings is 2. The van der Waals surface area contributed by atoms with Crippen LogP contribution in [0, 0.1) is 0 Å². The molecule has 29 heavy (non-hydrogen) atoms. The summed E-state index contributed by atoms with van der Waals surface area (Å²) in [7, 11) is 0. The first-order chi connectivity index (χ1) is 13.6. The van der Waals surface area contributed by atoms with Crippen LogP contribution in [0.2, 0.25) is 0 Å². The molecule has 0 aliphatic carbocycles. The first kappa shape index (κ1) is 21.4. The second kappa shape index (κ2) is 9.35. The molecule has 2 aromatic carbocycles. The largest absolute Gasteiger partial charge is 0.416 e. The van der Waals surface area contributed by atoms with Gasteiger partial charge in [-0.1, -0.05) is 11.2 Å². The molecule has 0 saturated heterocycles. The summed E-state index contributed by atoms with van der Waals surface area (Å²) < 4.78 is 37.9. The Labute approximate surface area is 162 Å². The lowest BCUT2D eigenvalue weighted by molar-refractivity contribution is -0.137. The third-order valence-electron chi connectivity index (χ3n) is 3.35. The molecule has 11 heteroatoms. The molecule has 2 aromatic rings. The molecule has 4 N–H and O–H groups in total. The minimum absolute atomic E-state index is 0.0755. The average Bonchev–Trinajstić information content (AvgIpc) is 2.65.